The summed E-state index contributed by atoms with van der Waals surface area (Å²) in [5.41, 5.74) is 1.42. The lowest BCUT2D eigenvalue weighted by molar-refractivity contribution is -0.117. The van der Waals surface area contributed by atoms with Gasteiger partial charge in [0.2, 0.25) is 5.91 Å². The summed E-state index contributed by atoms with van der Waals surface area (Å²) in [7, 11) is 1.93. The molecule has 1 atom stereocenters. The lowest BCUT2D eigenvalue weighted by atomic mass is 10.2. The number of likely N-dealkylation sites (tertiary alicyclic amines) is 1. The van der Waals surface area contributed by atoms with Gasteiger partial charge in [-0.25, -0.2) is 4.39 Å². The second-order valence-corrected chi connectivity index (χ2v) is 5.02. The van der Waals surface area contributed by atoms with Crippen LogP contribution in [-0.4, -0.2) is 43.5 Å². The van der Waals surface area contributed by atoms with Crippen LogP contribution in [0.25, 0.3) is 0 Å². The number of benzene rings is 1. The van der Waals surface area contributed by atoms with Crippen molar-refractivity contribution in [3.8, 4) is 0 Å². The molecule has 1 fully saturated rings. The van der Waals surface area contributed by atoms with Crippen LogP contribution in [0.3, 0.4) is 0 Å². The maximum Gasteiger partial charge on any atom is 0.238 e. The van der Waals surface area contributed by atoms with E-state index in [4.69, 9.17) is 0 Å². The fraction of sp³-hybridized carbons (Fsp3) is 0.500. The van der Waals surface area contributed by atoms with E-state index >= 15 is 0 Å². The molecule has 1 heterocycles. The van der Waals surface area contributed by atoms with Gasteiger partial charge in [0.1, 0.15) is 5.82 Å². The summed E-state index contributed by atoms with van der Waals surface area (Å²) in [5.74, 6) is -0.428. The SMILES string of the molecule is CNC1CCN(CC(=O)Nc2cc(F)ccc2C)C1. The molecule has 4 nitrogen and oxygen atoms in total. The highest BCUT2D eigenvalue weighted by atomic mass is 19.1. The largest absolute Gasteiger partial charge is 0.325 e. The van der Waals surface area contributed by atoms with Crippen LogP contribution in [0.4, 0.5) is 10.1 Å². The first kappa shape index (κ1) is 14.0. The van der Waals surface area contributed by atoms with Gasteiger partial charge in [-0.05, 0) is 38.1 Å². The lowest BCUT2D eigenvalue weighted by Crippen LogP contribution is -2.34. The zero-order valence-electron chi connectivity index (χ0n) is 11.4. The fourth-order valence-electron chi connectivity index (χ4n) is 2.33. The number of carbonyl (C=O) groups is 1. The number of rotatable bonds is 4. The molecule has 2 rings (SSSR count). The van der Waals surface area contributed by atoms with Gasteiger partial charge in [0.05, 0.1) is 6.54 Å². The Morgan fingerprint density at radius 1 is 1.53 bits per heavy atom. The summed E-state index contributed by atoms with van der Waals surface area (Å²) in [6.07, 6.45) is 1.06. The molecular formula is C14H20FN3O. The Balaban J connectivity index is 1.89. The molecule has 1 unspecified atom stereocenters. The molecule has 1 aliphatic rings. The number of likely N-dealkylation sites (N-methyl/N-ethyl adjacent to an activating group) is 1. The molecule has 1 aromatic carbocycles. The molecule has 1 aliphatic heterocycles. The van der Waals surface area contributed by atoms with Crippen molar-refractivity contribution < 1.29 is 9.18 Å². The second kappa shape index (κ2) is 6.12. The molecule has 0 saturated carbocycles. The number of nitrogens with zero attached hydrogens (tertiary/aromatic N) is 1. The predicted octanol–water partition coefficient (Wildman–Crippen LogP) is 1.37. The third-order valence-corrected chi connectivity index (χ3v) is 3.52. The van der Waals surface area contributed by atoms with Gasteiger partial charge in [0.25, 0.3) is 0 Å². The average molecular weight is 265 g/mol. The van der Waals surface area contributed by atoms with E-state index in [9.17, 15) is 9.18 Å². The van der Waals surface area contributed by atoms with E-state index in [0.29, 0.717) is 18.3 Å². The van der Waals surface area contributed by atoms with Crippen LogP contribution in [0.1, 0.15) is 12.0 Å². The molecule has 1 amide bonds. The summed E-state index contributed by atoms with van der Waals surface area (Å²) in [5, 5.41) is 5.98. The molecular weight excluding hydrogens is 245 g/mol. The van der Waals surface area contributed by atoms with Gasteiger partial charge in [0.15, 0.2) is 0 Å². The van der Waals surface area contributed by atoms with Crippen molar-refractivity contribution in [1.82, 2.24) is 10.2 Å². The second-order valence-electron chi connectivity index (χ2n) is 5.02. The molecule has 0 radical (unpaired) electrons. The molecule has 1 aromatic rings. The number of halogens is 1. The third kappa shape index (κ3) is 3.75. The van der Waals surface area contributed by atoms with E-state index in [1.54, 1.807) is 6.07 Å². The number of anilines is 1. The summed E-state index contributed by atoms with van der Waals surface area (Å²) >= 11 is 0. The van der Waals surface area contributed by atoms with Crippen molar-refractivity contribution in [2.24, 2.45) is 0 Å². The molecule has 0 aromatic heterocycles. The smallest absolute Gasteiger partial charge is 0.238 e. The first-order valence-electron chi connectivity index (χ1n) is 6.54. The number of nitrogens with one attached hydrogen (secondary N) is 2. The Kier molecular flexibility index (Phi) is 4.50. The van der Waals surface area contributed by atoms with Gasteiger partial charge in [-0.2, -0.15) is 0 Å². The Morgan fingerprint density at radius 3 is 3.00 bits per heavy atom. The van der Waals surface area contributed by atoms with Crippen molar-refractivity contribution in [2.75, 3.05) is 32.0 Å². The minimum atomic E-state index is -0.336. The first-order valence-corrected chi connectivity index (χ1v) is 6.54. The van der Waals surface area contributed by atoms with Gasteiger partial charge in [0, 0.05) is 24.8 Å². The van der Waals surface area contributed by atoms with Gasteiger partial charge in [-0.3, -0.25) is 9.69 Å². The quantitative estimate of drug-likeness (QED) is 0.864. The molecule has 1 saturated heterocycles. The zero-order valence-corrected chi connectivity index (χ0v) is 11.4. The van der Waals surface area contributed by atoms with Crippen molar-refractivity contribution in [3.63, 3.8) is 0 Å². The first-order chi connectivity index (χ1) is 9.08. The highest BCUT2D eigenvalue weighted by molar-refractivity contribution is 5.92. The Labute approximate surface area is 113 Å². The van der Waals surface area contributed by atoms with Crippen molar-refractivity contribution >= 4 is 11.6 Å². The molecule has 0 aliphatic carbocycles. The number of hydrogen-bond donors (Lipinski definition) is 2. The minimum Gasteiger partial charge on any atom is -0.325 e. The topological polar surface area (TPSA) is 44.4 Å². The van der Waals surface area contributed by atoms with E-state index in [-0.39, 0.29) is 11.7 Å². The molecule has 2 N–H and O–H groups in total. The summed E-state index contributed by atoms with van der Waals surface area (Å²) in [4.78, 5) is 14.0. The Morgan fingerprint density at radius 2 is 2.32 bits per heavy atom. The standard InChI is InChI=1S/C14H20FN3O/c1-10-3-4-11(15)7-13(10)17-14(19)9-18-6-5-12(8-18)16-2/h3-4,7,12,16H,5-6,8-9H2,1-2H3,(H,17,19). The van der Waals surface area contributed by atoms with E-state index in [1.165, 1.54) is 12.1 Å². The summed E-state index contributed by atoms with van der Waals surface area (Å²) in [6, 6.07) is 4.87. The zero-order chi connectivity index (χ0) is 13.8. The van der Waals surface area contributed by atoms with E-state index in [1.807, 2.05) is 14.0 Å². The third-order valence-electron chi connectivity index (χ3n) is 3.52. The van der Waals surface area contributed by atoms with Crippen molar-refractivity contribution in [3.05, 3.63) is 29.6 Å². The highest BCUT2D eigenvalue weighted by Gasteiger charge is 2.22. The van der Waals surface area contributed by atoms with Crippen molar-refractivity contribution in [2.45, 2.75) is 19.4 Å². The van der Waals surface area contributed by atoms with E-state index in [0.717, 1.165) is 25.1 Å². The average Bonchev–Trinajstić information content (AvgIpc) is 2.81. The summed E-state index contributed by atoms with van der Waals surface area (Å²) < 4.78 is 13.1. The van der Waals surface area contributed by atoms with Crippen molar-refractivity contribution in [1.29, 1.82) is 0 Å². The lowest BCUT2D eigenvalue weighted by Gasteiger charge is -2.16. The molecule has 104 valence electrons. The number of carbonyl (C=O) groups excluding carboxylic acids is 1. The molecule has 19 heavy (non-hydrogen) atoms. The Bertz CT molecular complexity index is 464. The van der Waals surface area contributed by atoms with E-state index in [2.05, 4.69) is 15.5 Å². The van der Waals surface area contributed by atoms with E-state index < -0.39 is 0 Å². The number of amides is 1. The van der Waals surface area contributed by atoms with Crippen LogP contribution >= 0.6 is 0 Å². The van der Waals surface area contributed by atoms with Crippen LogP contribution in [0, 0.1) is 12.7 Å². The fourth-order valence-corrected chi connectivity index (χ4v) is 2.33. The van der Waals surface area contributed by atoms with Crippen LogP contribution < -0.4 is 10.6 Å². The Hall–Kier alpha value is -1.46. The van der Waals surface area contributed by atoms with Crippen LogP contribution in [0.15, 0.2) is 18.2 Å². The summed E-state index contributed by atoms with van der Waals surface area (Å²) in [6.45, 7) is 4.00. The van der Waals surface area contributed by atoms with Gasteiger partial charge in [-0.15, -0.1) is 0 Å². The van der Waals surface area contributed by atoms with Crippen LogP contribution in [0.2, 0.25) is 0 Å². The molecule has 0 spiro atoms. The number of hydrogen-bond acceptors (Lipinski definition) is 3. The maximum absolute atomic E-state index is 13.1. The molecule has 0 bridgehead atoms. The van der Waals surface area contributed by atoms with Gasteiger partial charge >= 0.3 is 0 Å². The monoisotopic (exact) mass is 265 g/mol. The maximum atomic E-state index is 13.1. The normalized spacial score (nSPS) is 19.6. The minimum absolute atomic E-state index is 0.0922. The molecule has 5 heteroatoms. The van der Waals surface area contributed by atoms with Gasteiger partial charge < -0.3 is 10.6 Å². The number of aryl methyl sites for hydroxylation is 1. The van der Waals surface area contributed by atoms with Gasteiger partial charge in [-0.1, -0.05) is 6.07 Å². The van der Waals surface area contributed by atoms with Crippen LogP contribution in [-0.2, 0) is 4.79 Å². The highest BCUT2D eigenvalue weighted by Crippen LogP contribution is 2.16. The van der Waals surface area contributed by atoms with Crippen LogP contribution in [0.5, 0.6) is 0 Å². The predicted molar refractivity (Wildman–Crippen MR) is 73.7 cm³/mol.